The maximum Gasteiger partial charge on any atom is 0.257 e. The van der Waals surface area contributed by atoms with E-state index in [0.717, 1.165) is 21.8 Å². The molecule has 2 aromatic carbocycles. The van der Waals surface area contributed by atoms with Gasteiger partial charge in [-0.2, -0.15) is 0 Å². The molecule has 0 fully saturated rings. The Morgan fingerprint density at radius 1 is 0.762 bits per heavy atom. The largest absolute Gasteiger partial charge is 0.354 e. The number of pyridine rings is 1. The number of hydrogen-bond acceptors (Lipinski definition) is 1. The van der Waals surface area contributed by atoms with Crippen molar-refractivity contribution in [2.75, 3.05) is 0 Å². The van der Waals surface area contributed by atoms with Crippen LogP contribution in [0.15, 0.2) is 59.4 Å². The predicted octanol–water partition coefficient (Wildman–Crippen LogP) is 3.82. The molecule has 1 radical (unpaired) electrons. The van der Waals surface area contributed by atoms with E-state index >= 15 is 0 Å². The first-order valence-electron chi connectivity index (χ1n) is 6.63. The Hall–Kier alpha value is -3.01. The minimum atomic E-state index is -0.150. The van der Waals surface area contributed by atoms with Gasteiger partial charge in [0.25, 0.3) is 5.56 Å². The van der Waals surface area contributed by atoms with Gasteiger partial charge in [0.15, 0.2) is 5.75 Å². The molecule has 4 rings (SSSR count). The highest BCUT2D eigenvalue weighted by molar-refractivity contribution is 5.89. The van der Waals surface area contributed by atoms with Gasteiger partial charge < -0.3 is 9.97 Å². The molecule has 2 aromatic heterocycles. The van der Waals surface area contributed by atoms with Crippen LogP contribution in [-0.4, -0.2) is 9.97 Å². The standard InChI is InChI=1S/C17H11N2O2/c20-12-5-6-15-11(7-12)9-16(18-15)13-8-10-3-1-2-4-14(10)19-17(13)21/h1-9,18H,(H,19,21). The van der Waals surface area contributed by atoms with Gasteiger partial charge in [-0.1, -0.05) is 18.2 Å². The van der Waals surface area contributed by atoms with E-state index in [9.17, 15) is 9.90 Å². The molecule has 4 nitrogen and oxygen atoms in total. The molecular weight excluding hydrogens is 264 g/mol. The van der Waals surface area contributed by atoms with Crippen LogP contribution in [0.5, 0.6) is 5.75 Å². The molecule has 0 atom stereocenters. The van der Waals surface area contributed by atoms with Crippen molar-refractivity contribution in [2.45, 2.75) is 0 Å². The van der Waals surface area contributed by atoms with Gasteiger partial charge in [-0.15, -0.1) is 0 Å². The average molecular weight is 275 g/mol. The number of benzene rings is 2. The third-order valence-corrected chi connectivity index (χ3v) is 3.64. The normalized spacial score (nSPS) is 11.2. The van der Waals surface area contributed by atoms with Crippen molar-refractivity contribution in [2.24, 2.45) is 0 Å². The van der Waals surface area contributed by atoms with E-state index in [-0.39, 0.29) is 11.3 Å². The molecule has 0 bridgehead atoms. The highest BCUT2D eigenvalue weighted by Gasteiger charge is 2.09. The lowest BCUT2D eigenvalue weighted by Crippen LogP contribution is -2.08. The third-order valence-electron chi connectivity index (χ3n) is 3.64. The number of H-pyrrole nitrogens is 2. The second-order valence-corrected chi connectivity index (χ2v) is 5.03. The van der Waals surface area contributed by atoms with E-state index in [2.05, 4.69) is 9.97 Å². The van der Waals surface area contributed by atoms with Crippen molar-refractivity contribution in [3.05, 3.63) is 65.0 Å². The number of hydrogen-bond donors (Lipinski definition) is 2. The quantitative estimate of drug-likeness (QED) is 0.544. The van der Waals surface area contributed by atoms with E-state index in [4.69, 9.17) is 0 Å². The first kappa shape index (κ1) is 11.8. The summed E-state index contributed by atoms with van der Waals surface area (Å²) in [6, 6.07) is 16.1. The monoisotopic (exact) mass is 275 g/mol. The fourth-order valence-electron chi connectivity index (χ4n) is 2.60. The van der Waals surface area contributed by atoms with Crippen LogP contribution in [0.1, 0.15) is 0 Å². The lowest BCUT2D eigenvalue weighted by atomic mass is 10.1. The van der Waals surface area contributed by atoms with Gasteiger partial charge in [0.05, 0.1) is 11.3 Å². The molecule has 0 saturated heterocycles. The van der Waals surface area contributed by atoms with Crippen molar-refractivity contribution >= 4 is 21.8 Å². The van der Waals surface area contributed by atoms with Gasteiger partial charge >= 0.3 is 0 Å². The van der Waals surface area contributed by atoms with Crippen molar-refractivity contribution in [3.8, 4) is 17.0 Å². The van der Waals surface area contributed by atoms with Crippen molar-refractivity contribution in [1.82, 2.24) is 9.97 Å². The van der Waals surface area contributed by atoms with E-state index in [1.165, 1.54) is 6.07 Å². The lowest BCUT2D eigenvalue weighted by Gasteiger charge is -2.01. The van der Waals surface area contributed by atoms with Crippen LogP contribution < -0.4 is 5.56 Å². The van der Waals surface area contributed by atoms with Crippen molar-refractivity contribution in [3.63, 3.8) is 0 Å². The third kappa shape index (κ3) is 1.89. The van der Waals surface area contributed by atoms with E-state index < -0.39 is 0 Å². The summed E-state index contributed by atoms with van der Waals surface area (Å²) >= 11 is 0. The van der Waals surface area contributed by atoms with E-state index in [1.54, 1.807) is 12.1 Å². The Morgan fingerprint density at radius 3 is 2.48 bits per heavy atom. The van der Waals surface area contributed by atoms with E-state index in [1.807, 2.05) is 36.4 Å². The molecule has 4 heteroatoms. The summed E-state index contributed by atoms with van der Waals surface area (Å²) in [6.45, 7) is 0. The molecule has 4 aromatic rings. The zero-order valence-corrected chi connectivity index (χ0v) is 11.0. The first-order chi connectivity index (χ1) is 10.2. The van der Waals surface area contributed by atoms with E-state index in [0.29, 0.717) is 11.3 Å². The molecule has 0 aliphatic rings. The highest BCUT2D eigenvalue weighted by Crippen LogP contribution is 2.26. The summed E-state index contributed by atoms with van der Waals surface area (Å²) < 4.78 is 0. The zero-order valence-electron chi connectivity index (χ0n) is 11.0. The van der Waals surface area contributed by atoms with Crippen LogP contribution in [0.25, 0.3) is 33.1 Å². The number of aromatic amines is 2. The van der Waals surface area contributed by atoms with Gasteiger partial charge in [0.1, 0.15) is 0 Å². The molecule has 0 aliphatic heterocycles. The molecule has 2 N–H and O–H groups in total. The molecule has 0 aliphatic carbocycles. The van der Waals surface area contributed by atoms with Crippen LogP contribution in [0, 0.1) is 0 Å². The van der Waals surface area contributed by atoms with Crippen LogP contribution in [-0.2, 0) is 5.11 Å². The molecule has 21 heavy (non-hydrogen) atoms. The number of rotatable bonds is 1. The minimum Gasteiger partial charge on any atom is -0.354 e. The predicted molar refractivity (Wildman–Crippen MR) is 82.0 cm³/mol. The summed E-state index contributed by atoms with van der Waals surface area (Å²) in [5.41, 5.74) is 2.78. The summed E-state index contributed by atoms with van der Waals surface area (Å²) in [5.74, 6) is -0.0412. The van der Waals surface area contributed by atoms with Gasteiger partial charge in [-0.3, -0.25) is 9.90 Å². The van der Waals surface area contributed by atoms with Gasteiger partial charge in [-0.05, 0) is 41.8 Å². The molecular formula is C17H11N2O2. The summed E-state index contributed by atoms with van der Waals surface area (Å²) in [4.78, 5) is 18.3. The van der Waals surface area contributed by atoms with Crippen LogP contribution in [0.3, 0.4) is 0 Å². The second-order valence-electron chi connectivity index (χ2n) is 5.03. The summed E-state index contributed by atoms with van der Waals surface area (Å²) in [7, 11) is 0. The Morgan fingerprint density at radius 2 is 1.57 bits per heavy atom. The van der Waals surface area contributed by atoms with Gasteiger partial charge in [-0.25, -0.2) is 0 Å². The topological polar surface area (TPSA) is 68.5 Å². The maximum absolute atomic E-state index is 12.2. The molecule has 0 unspecified atom stereocenters. The average Bonchev–Trinajstić information content (AvgIpc) is 2.89. The molecule has 0 amide bonds. The molecule has 0 saturated carbocycles. The smallest absolute Gasteiger partial charge is 0.257 e. The van der Waals surface area contributed by atoms with Crippen LogP contribution >= 0.6 is 0 Å². The fraction of sp³-hybridized carbons (Fsp3) is 0. The highest BCUT2D eigenvalue weighted by atomic mass is 16.3. The Bertz CT molecular complexity index is 1030. The maximum atomic E-state index is 12.2. The Balaban J connectivity index is 1.99. The van der Waals surface area contributed by atoms with Crippen LogP contribution in [0.4, 0.5) is 0 Å². The summed E-state index contributed by atoms with van der Waals surface area (Å²) in [6.07, 6.45) is 0. The minimum absolute atomic E-state index is 0.0412. The molecule has 0 spiro atoms. The van der Waals surface area contributed by atoms with Crippen LogP contribution in [0.2, 0.25) is 0 Å². The Labute approximate surface area is 119 Å². The fourth-order valence-corrected chi connectivity index (χ4v) is 2.60. The SMILES string of the molecule is [O]c1ccc2[nH]c(-c3cc4ccccc4[nH]c3=O)cc2c1. The Kier molecular flexibility index (Phi) is 2.38. The number of nitrogens with one attached hydrogen (secondary N) is 2. The number of fused-ring (bicyclic) bond motifs is 2. The number of aromatic nitrogens is 2. The molecule has 101 valence electrons. The first-order valence-corrected chi connectivity index (χ1v) is 6.63. The van der Waals surface area contributed by atoms with Crippen molar-refractivity contribution in [1.29, 1.82) is 0 Å². The lowest BCUT2D eigenvalue weighted by molar-refractivity contribution is 0.355. The molecule has 2 heterocycles. The van der Waals surface area contributed by atoms with Gasteiger partial charge in [0.2, 0.25) is 0 Å². The number of para-hydroxylation sites is 1. The van der Waals surface area contributed by atoms with Gasteiger partial charge in [0, 0.05) is 16.4 Å². The second kappa shape index (κ2) is 4.24. The zero-order chi connectivity index (χ0) is 14.4. The summed E-state index contributed by atoms with van der Waals surface area (Å²) in [5, 5.41) is 13.2. The van der Waals surface area contributed by atoms with Crippen molar-refractivity contribution < 1.29 is 5.11 Å².